The molecule has 13 heavy (non-hydrogen) atoms. The van der Waals surface area contributed by atoms with Crippen LogP contribution in [0.1, 0.15) is 19.1 Å². The minimum atomic E-state index is -0.119. The highest BCUT2D eigenvalue weighted by molar-refractivity contribution is 6.30. The Morgan fingerprint density at radius 3 is 3.08 bits per heavy atom. The monoisotopic (exact) mass is 199 g/mol. The summed E-state index contributed by atoms with van der Waals surface area (Å²) < 4.78 is 6.93. The number of nitrogens with zero attached hydrogens (tertiary/aromatic N) is 1. The van der Waals surface area contributed by atoms with E-state index >= 15 is 0 Å². The lowest BCUT2D eigenvalue weighted by Crippen LogP contribution is -2.22. The molecule has 1 unspecified atom stereocenters. The molecular weight excluding hydrogens is 190 g/mol. The van der Waals surface area contributed by atoms with Gasteiger partial charge in [0.25, 0.3) is 5.56 Å². The molecule has 0 spiro atoms. The van der Waals surface area contributed by atoms with Gasteiger partial charge in [-0.2, -0.15) is 0 Å². The Balaban J connectivity index is 2.37. The summed E-state index contributed by atoms with van der Waals surface area (Å²) in [6.45, 7) is 0.726. The first-order chi connectivity index (χ1) is 6.27. The zero-order valence-electron chi connectivity index (χ0n) is 7.07. The van der Waals surface area contributed by atoms with Gasteiger partial charge in [-0.1, -0.05) is 11.6 Å². The molecule has 1 aromatic rings. The average Bonchev–Trinajstić information content (AvgIpc) is 2.61. The van der Waals surface area contributed by atoms with Crippen molar-refractivity contribution in [3.8, 4) is 0 Å². The molecule has 0 bridgehead atoms. The van der Waals surface area contributed by atoms with Crippen LogP contribution in [0.3, 0.4) is 0 Å². The molecule has 1 aliphatic heterocycles. The van der Waals surface area contributed by atoms with Gasteiger partial charge in [0.05, 0.1) is 5.02 Å². The minimum Gasteiger partial charge on any atom is -0.358 e. The first-order valence-corrected chi connectivity index (χ1v) is 4.64. The third-order valence-electron chi connectivity index (χ3n) is 2.12. The number of rotatable bonds is 1. The van der Waals surface area contributed by atoms with Gasteiger partial charge in [-0.3, -0.25) is 9.36 Å². The summed E-state index contributed by atoms with van der Waals surface area (Å²) in [5, 5.41) is 0.565. The second kappa shape index (κ2) is 3.52. The van der Waals surface area contributed by atoms with Gasteiger partial charge < -0.3 is 4.74 Å². The Hall–Kier alpha value is -0.800. The van der Waals surface area contributed by atoms with Crippen LogP contribution in [0.4, 0.5) is 0 Å². The smallest absolute Gasteiger partial charge is 0.252 e. The lowest BCUT2D eigenvalue weighted by molar-refractivity contribution is 0.0538. The topological polar surface area (TPSA) is 31.2 Å². The van der Waals surface area contributed by atoms with E-state index in [-0.39, 0.29) is 11.8 Å². The van der Waals surface area contributed by atoms with Crippen molar-refractivity contribution in [2.75, 3.05) is 6.61 Å². The van der Waals surface area contributed by atoms with Crippen LogP contribution in [0.5, 0.6) is 0 Å². The van der Waals surface area contributed by atoms with E-state index in [0.717, 1.165) is 19.4 Å². The van der Waals surface area contributed by atoms with Crippen molar-refractivity contribution in [1.82, 2.24) is 4.57 Å². The Labute approximate surface area is 80.9 Å². The Kier molecular flexibility index (Phi) is 2.38. The van der Waals surface area contributed by atoms with Crippen molar-refractivity contribution in [3.63, 3.8) is 0 Å². The second-order valence-electron chi connectivity index (χ2n) is 3.06. The second-order valence-corrected chi connectivity index (χ2v) is 3.50. The summed E-state index contributed by atoms with van der Waals surface area (Å²) >= 11 is 5.78. The standard InChI is InChI=1S/C9H10ClNO2/c10-7-3-4-8(12)11(6-7)9-2-1-5-13-9/h3-4,6,9H,1-2,5H2. The Morgan fingerprint density at radius 1 is 1.54 bits per heavy atom. The number of aromatic nitrogens is 1. The lowest BCUT2D eigenvalue weighted by Gasteiger charge is -2.12. The van der Waals surface area contributed by atoms with Crippen molar-refractivity contribution in [1.29, 1.82) is 0 Å². The first kappa shape index (κ1) is 8.78. The quantitative estimate of drug-likeness (QED) is 0.691. The number of hydrogen-bond acceptors (Lipinski definition) is 2. The van der Waals surface area contributed by atoms with Gasteiger partial charge in [0.15, 0.2) is 0 Å². The van der Waals surface area contributed by atoms with Crippen LogP contribution in [-0.4, -0.2) is 11.2 Å². The molecule has 1 aromatic heterocycles. The Morgan fingerprint density at radius 2 is 2.38 bits per heavy atom. The maximum Gasteiger partial charge on any atom is 0.252 e. The van der Waals surface area contributed by atoms with E-state index in [2.05, 4.69) is 0 Å². The van der Waals surface area contributed by atoms with Gasteiger partial charge in [-0.05, 0) is 18.9 Å². The molecule has 1 atom stereocenters. The van der Waals surface area contributed by atoms with Crippen LogP contribution in [0.25, 0.3) is 0 Å². The fraction of sp³-hybridized carbons (Fsp3) is 0.444. The SMILES string of the molecule is O=c1ccc(Cl)cn1C1CCCO1. The number of halogens is 1. The molecule has 0 N–H and O–H groups in total. The van der Waals surface area contributed by atoms with Gasteiger partial charge in [0.2, 0.25) is 0 Å². The van der Waals surface area contributed by atoms with Crippen molar-refractivity contribution < 1.29 is 4.74 Å². The molecule has 2 heterocycles. The van der Waals surface area contributed by atoms with Crippen molar-refractivity contribution >= 4 is 11.6 Å². The average molecular weight is 200 g/mol. The van der Waals surface area contributed by atoms with E-state index in [1.54, 1.807) is 16.8 Å². The molecule has 70 valence electrons. The highest BCUT2D eigenvalue weighted by atomic mass is 35.5. The van der Waals surface area contributed by atoms with E-state index in [4.69, 9.17) is 16.3 Å². The number of pyridine rings is 1. The molecule has 1 fully saturated rings. The first-order valence-electron chi connectivity index (χ1n) is 4.27. The van der Waals surface area contributed by atoms with E-state index in [9.17, 15) is 4.79 Å². The summed E-state index contributed by atoms with van der Waals surface area (Å²) in [4.78, 5) is 11.4. The zero-order valence-corrected chi connectivity index (χ0v) is 7.83. The Bertz CT molecular complexity index is 355. The molecule has 1 saturated heterocycles. The molecule has 0 amide bonds. The van der Waals surface area contributed by atoms with Crippen LogP contribution < -0.4 is 5.56 Å². The van der Waals surface area contributed by atoms with Crippen molar-refractivity contribution in [3.05, 3.63) is 33.7 Å². The van der Waals surface area contributed by atoms with Crippen LogP contribution in [0.2, 0.25) is 5.02 Å². The molecular formula is C9H10ClNO2. The van der Waals surface area contributed by atoms with Crippen molar-refractivity contribution in [2.45, 2.75) is 19.1 Å². The van der Waals surface area contributed by atoms with Gasteiger partial charge in [0.1, 0.15) is 6.23 Å². The predicted octanol–water partition coefficient (Wildman–Crippen LogP) is 1.81. The molecule has 2 rings (SSSR count). The van der Waals surface area contributed by atoms with Gasteiger partial charge in [-0.15, -0.1) is 0 Å². The van der Waals surface area contributed by atoms with Crippen LogP contribution >= 0.6 is 11.6 Å². The normalized spacial score (nSPS) is 22.1. The summed E-state index contributed by atoms with van der Waals surface area (Å²) in [6, 6.07) is 3.05. The minimum absolute atomic E-state index is 0.0590. The molecule has 0 radical (unpaired) electrons. The van der Waals surface area contributed by atoms with E-state index < -0.39 is 0 Å². The molecule has 1 aliphatic rings. The summed E-state index contributed by atoms with van der Waals surface area (Å²) in [7, 11) is 0. The lowest BCUT2D eigenvalue weighted by atomic mass is 10.3. The zero-order chi connectivity index (χ0) is 9.26. The molecule has 0 saturated carbocycles. The van der Waals surface area contributed by atoms with Gasteiger partial charge in [-0.25, -0.2) is 0 Å². The number of hydrogen-bond donors (Lipinski definition) is 0. The highest BCUT2D eigenvalue weighted by Crippen LogP contribution is 2.21. The highest BCUT2D eigenvalue weighted by Gasteiger charge is 2.17. The van der Waals surface area contributed by atoms with Gasteiger partial charge in [0, 0.05) is 18.9 Å². The maximum absolute atomic E-state index is 11.4. The summed E-state index contributed by atoms with van der Waals surface area (Å²) in [6.07, 6.45) is 3.40. The van der Waals surface area contributed by atoms with Crippen LogP contribution in [-0.2, 0) is 4.74 Å². The van der Waals surface area contributed by atoms with Crippen LogP contribution in [0, 0.1) is 0 Å². The third-order valence-corrected chi connectivity index (χ3v) is 2.34. The molecule has 3 nitrogen and oxygen atoms in total. The number of ether oxygens (including phenoxy) is 1. The largest absolute Gasteiger partial charge is 0.358 e. The van der Waals surface area contributed by atoms with Crippen molar-refractivity contribution in [2.24, 2.45) is 0 Å². The fourth-order valence-electron chi connectivity index (χ4n) is 1.48. The predicted molar refractivity (Wildman–Crippen MR) is 49.9 cm³/mol. The van der Waals surface area contributed by atoms with E-state index in [1.807, 2.05) is 0 Å². The molecule has 0 aliphatic carbocycles. The fourth-order valence-corrected chi connectivity index (χ4v) is 1.65. The van der Waals surface area contributed by atoms with E-state index in [0.29, 0.717) is 5.02 Å². The van der Waals surface area contributed by atoms with Crippen LogP contribution in [0.15, 0.2) is 23.1 Å². The van der Waals surface area contributed by atoms with Gasteiger partial charge >= 0.3 is 0 Å². The molecule has 0 aromatic carbocycles. The summed E-state index contributed by atoms with van der Waals surface area (Å²) in [5.74, 6) is 0. The molecule has 4 heteroatoms. The maximum atomic E-state index is 11.4. The van der Waals surface area contributed by atoms with E-state index in [1.165, 1.54) is 6.07 Å². The summed E-state index contributed by atoms with van der Waals surface area (Å²) in [5.41, 5.74) is -0.0590. The third kappa shape index (κ3) is 1.76.